The van der Waals surface area contributed by atoms with Crippen molar-refractivity contribution in [2.24, 2.45) is 0 Å². The number of nitrogen functional groups attached to an aromatic ring is 1. The third-order valence-corrected chi connectivity index (χ3v) is 2.22. The molecule has 0 aromatic heterocycles. The first-order valence-electron chi connectivity index (χ1n) is 4.56. The van der Waals surface area contributed by atoms with Gasteiger partial charge < -0.3 is 10.8 Å². The number of anilines is 1. The largest absolute Gasteiger partial charge is 0.478 e. The topological polar surface area (TPSA) is 63.3 Å². The number of carboxylic acids is 1. The van der Waals surface area contributed by atoms with Crippen LogP contribution in [0.2, 0.25) is 0 Å². The summed E-state index contributed by atoms with van der Waals surface area (Å²) in [6.45, 7) is 5.69. The van der Waals surface area contributed by atoms with Crippen LogP contribution in [0.15, 0.2) is 12.1 Å². The lowest BCUT2D eigenvalue weighted by molar-refractivity contribution is 0.0694. The number of hydrogen-bond acceptors (Lipinski definition) is 2. The van der Waals surface area contributed by atoms with E-state index in [2.05, 4.69) is 0 Å². The van der Waals surface area contributed by atoms with Crippen molar-refractivity contribution in [3.63, 3.8) is 0 Å². The van der Waals surface area contributed by atoms with Crippen molar-refractivity contribution in [3.05, 3.63) is 28.8 Å². The van der Waals surface area contributed by atoms with Crippen LogP contribution in [0.1, 0.15) is 41.3 Å². The van der Waals surface area contributed by atoms with Crippen LogP contribution < -0.4 is 5.73 Å². The quantitative estimate of drug-likeness (QED) is 0.709. The smallest absolute Gasteiger partial charge is 0.336 e. The minimum Gasteiger partial charge on any atom is -0.478 e. The monoisotopic (exact) mass is 193 g/mol. The van der Waals surface area contributed by atoms with Gasteiger partial charge in [-0.15, -0.1) is 0 Å². The van der Waals surface area contributed by atoms with E-state index in [9.17, 15) is 4.79 Å². The SMILES string of the molecule is Cc1cc(N)cc(C(C)C)c1C(=O)O. The highest BCUT2D eigenvalue weighted by atomic mass is 16.4. The molecule has 14 heavy (non-hydrogen) atoms. The van der Waals surface area contributed by atoms with Gasteiger partial charge in [-0.05, 0) is 36.1 Å². The Morgan fingerprint density at radius 1 is 1.43 bits per heavy atom. The van der Waals surface area contributed by atoms with E-state index in [1.165, 1.54) is 0 Å². The number of aryl methyl sites for hydroxylation is 1. The summed E-state index contributed by atoms with van der Waals surface area (Å²) in [5, 5.41) is 9.05. The summed E-state index contributed by atoms with van der Waals surface area (Å²) in [6, 6.07) is 3.43. The van der Waals surface area contributed by atoms with Gasteiger partial charge in [-0.3, -0.25) is 0 Å². The Morgan fingerprint density at radius 3 is 2.43 bits per heavy atom. The zero-order valence-electron chi connectivity index (χ0n) is 8.66. The lowest BCUT2D eigenvalue weighted by Gasteiger charge is -2.13. The Morgan fingerprint density at radius 2 is 2.00 bits per heavy atom. The molecule has 0 spiro atoms. The van der Waals surface area contributed by atoms with Crippen LogP contribution in [-0.4, -0.2) is 11.1 Å². The summed E-state index contributed by atoms with van der Waals surface area (Å²) in [4.78, 5) is 11.0. The Kier molecular flexibility index (Phi) is 2.79. The molecule has 0 heterocycles. The van der Waals surface area contributed by atoms with Crippen molar-refractivity contribution in [1.82, 2.24) is 0 Å². The number of aromatic carboxylic acids is 1. The predicted molar refractivity (Wildman–Crippen MR) is 56.6 cm³/mol. The van der Waals surface area contributed by atoms with Gasteiger partial charge in [0, 0.05) is 5.69 Å². The molecule has 1 aromatic rings. The van der Waals surface area contributed by atoms with E-state index >= 15 is 0 Å². The number of benzene rings is 1. The molecule has 0 aliphatic carbocycles. The van der Waals surface area contributed by atoms with E-state index in [4.69, 9.17) is 10.8 Å². The number of hydrogen-bond donors (Lipinski definition) is 2. The van der Waals surface area contributed by atoms with Gasteiger partial charge in [-0.1, -0.05) is 13.8 Å². The molecular formula is C11H15NO2. The first-order valence-corrected chi connectivity index (χ1v) is 4.56. The first kappa shape index (κ1) is 10.6. The maximum atomic E-state index is 11.0. The van der Waals surface area contributed by atoms with E-state index < -0.39 is 5.97 Å². The number of nitrogens with two attached hydrogens (primary N) is 1. The Bertz CT molecular complexity index is 370. The van der Waals surface area contributed by atoms with Gasteiger partial charge in [-0.2, -0.15) is 0 Å². The summed E-state index contributed by atoms with van der Waals surface area (Å²) in [5.41, 5.74) is 8.20. The molecule has 0 saturated carbocycles. The molecule has 1 aromatic carbocycles. The molecule has 0 unspecified atom stereocenters. The van der Waals surface area contributed by atoms with Crippen molar-refractivity contribution < 1.29 is 9.90 Å². The minimum atomic E-state index is -0.883. The van der Waals surface area contributed by atoms with E-state index in [1.807, 2.05) is 13.8 Å². The third-order valence-electron chi connectivity index (χ3n) is 2.22. The number of carbonyl (C=O) groups is 1. The summed E-state index contributed by atoms with van der Waals surface area (Å²) in [6.07, 6.45) is 0. The van der Waals surface area contributed by atoms with Crippen LogP contribution in [-0.2, 0) is 0 Å². The molecule has 0 aliphatic heterocycles. The van der Waals surface area contributed by atoms with Gasteiger partial charge in [-0.25, -0.2) is 4.79 Å². The zero-order valence-corrected chi connectivity index (χ0v) is 8.66. The summed E-state index contributed by atoms with van der Waals surface area (Å²) in [7, 11) is 0. The lowest BCUT2D eigenvalue weighted by Crippen LogP contribution is -2.07. The highest BCUT2D eigenvalue weighted by Crippen LogP contribution is 2.25. The lowest BCUT2D eigenvalue weighted by atomic mass is 9.93. The van der Waals surface area contributed by atoms with Gasteiger partial charge in [0.2, 0.25) is 0 Å². The Balaban J connectivity index is 3.44. The summed E-state index contributed by atoms with van der Waals surface area (Å²) < 4.78 is 0. The maximum absolute atomic E-state index is 11.0. The minimum absolute atomic E-state index is 0.170. The molecule has 1 rings (SSSR count). The molecule has 3 nitrogen and oxygen atoms in total. The van der Waals surface area contributed by atoms with Crippen molar-refractivity contribution in [2.75, 3.05) is 5.73 Å². The highest BCUT2D eigenvalue weighted by molar-refractivity contribution is 5.92. The normalized spacial score (nSPS) is 10.6. The second kappa shape index (κ2) is 3.70. The molecule has 0 aliphatic rings. The van der Waals surface area contributed by atoms with Gasteiger partial charge in [0.05, 0.1) is 5.56 Å². The van der Waals surface area contributed by atoms with Crippen molar-refractivity contribution in [1.29, 1.82) is 0 Å². The maximum Gasteiger partial charge on any atom is 0.336 e. The second-order valence-corrected chi connectivity index (χ2v) is 3.76. The summed E-state index contributed by atoms with van der Waals surface area (Å²) in [5.74, 6) is -0.713. The number of rotatable bonds is 2. The van der Waals surface area contributed by atoms with Crippen LogP contribution in [0, 0.1) is 6.92 Å². The Labute approximate surface area is 83.6 Å². The molecule has 0 amide bonds. The molecule has 3 N–H and O–H groups in total. The van der Waals surface area contributed by atoms with Crippen molar-refractivity contribution in [2.45, 2.75) is 26.7 Å². The van der Waals surface area contributed by atoms with Gasteiger partial charge in [0.25, 0.3) is 0 Å². The van der Waals surface area contributed by atoms with Gasteiger partial charge >= 0.3 is 5.97 Å². The molecule has 3 heteroatoms. The molecule has 76 valence electrons. The van der Waals surface area contributed by atoms with Crippen molar-refractivity contribution >= 4 is 11.7 Å². The van der Waals surface area contributed by atoms with Gasteiger partial charge in [0.1, 0.15) is 0 Å². The van der Waals surface area contributed by atoms with Crippen LogP contribution >= 0.6 is 0 Å². The van der Waals surface area contributed by atoms with Crippen LogP contribution in [0.5, 0.6) is 0 Å². The molecular weight excluding hydrogens is 178 g/mol. The van der Waals surface area contributed by atoms with Crippen LogP contribution in [0.4, 0.5) is 5.69 Å². The molecule has 0 radical (unpaired) electrons. The van der Waals surface area contributed by atoms with E-state index in [1.54, 1.807) is 19.1 Å². The number of carboxylic acid groups (broad SMARTS) is 1. The summed E-state index contributed by atoms with van der Waals surface area (Å²) >= 11 is 0. The molecule has 0 saturated heterocycles. The fourth-order valence-corrected chi connectivity index (χ4v) is 1.59. The fraction of sp³-hybridized carbons (Fsp3) is 0.364. The van der Waals surface area contributed by atoms with E-state index in [0.29, 0.717) is 11.3 Å². The first-order chi connectivity index (χ1) is 6.43. The Hall–Kier alpha value is -1.51. The zero-order chi connectivity index (χ0) is 10.9. The van der Waals surface area contributed by atoms with Crippen LogP contribution in [0.3, 0.4) is 0 Å². The van der Waals surface area contributed by atoms with Crippen LogP contribution in [0.25, 0.3) is 0 Å². The van der Waals surface area contributed by atoms with Crippen molar-refractivity contribution in [3.8, 4) is 0 Å². The van der Waals surface area contributed by atoms with E-state index in [0.717, 1.165) is 11.1 Å². The van der Waals surface area contributed by atoms with E-state index in [-0.39, 0.29) is 5.92 Å². The second-order valence-electron chi connectivity index (χ2n) is 3.76. The highest BCUT2D eigenvalue weighted by Gasteiger charge is 2.15. The fourth-order valence-electron chi connectivity index (χ4n) is 1.59. The molecule has 0 bridgehead atoms. The van der Waals surface area contributed by atoms with Gasteiger partial charge in [0.15, 0.2) is 0 Å². The average molecular weight is 193 g/mol. The molecule has 0 atom stereocenters. The standard InChI is InChI=1S/C11H15NO2/c1-6(2)9-5-8(12)4-7(3)10(9)11(13)14/h4-6H,12H2,1-3H3,(H,13,14). The molecule has 0 fully saturated rings. The third kappa shape index (κ3) is 1.87. The average Bonchev–Trinajstić information content (AvgIpc) is 2.01. The predicted octanol–water partition coefficient (Wildman–Crippen LogP) is 2.40.